The number of fused-ring (bicyclic) bond motifs is 1. The molecule has 0 aliphatic rings. The van der Waals surface area contributed by atoms with Gasteiger partial charge in [0.25, 0.3) is 0 Å². The minimum absolute atomic E-state index is 0.266. The minimum atomic E-state index is -1.21. The van der Waals surface area contributed by atoms with Crippen LogP contribution in [0, 0.1) is 17.2 Å². The van der Waals surface area contributed by atoms with Gasteiger partial charge in [-0.15, -0.1) is 0 Å². The van der Waals surface area contributed by atoms with Gasteiger partial charge in [0, 0.05) is 45.2 Å². The maximum atomic E-state index is 12.4. The number of carboxylic acid groups (broad SMARTS) is 1. The lowest BCUT2D eigenvalue weighted by Crippen LogP contribution is -2.11. The molecule has 9 rings (SSSR count). The number of unbranched alkanes of at least 4 members (excludes halogenated alkanes) is 14. The second-order valence-electron chi connectivity index (χ2n) is 21.7. The van der Waals surface area contributed by atoms with Crippen molar-refractivity contribution in [3.05, 3.63) is 132 Å². The van der Waals surface area contributed by atoms with E-state index < -0.39 is 5.97 Å². The molecule has 400 valence electrons. The Morgan fingerprint density at radius 1 is 0.545 bits per heavy atom. The molecule has 0 fully saturated rings. The highest BCUT2D eigenvalue weighted by Gasteiger charge is 2.27. The van der Waals surface area contributed by atoms with E-state index in [0.29, 0.717) is 5.92 Å². The van der Waals surface area contributed by atoms with E-state index in [-0.39, 0.29) is 5.57 Å². The molecule has 0 aliphatic carbocycles. The van der Waals surface area contributed by atoms with Crippen molar-refractivity contribution in [1.82, 2.24) is 4.57 Å². The molecule has 0 aliphatic heterocycles. The van der Waals surface area contributed by atoms with Crippen LogP contribution in [0.3, 0.4) is 0 Å². The molecule has 9 aromatic rings. The monoisotopic (exact) mass is 1030 g/mol. The lowest BCUT2D eigenvalue weighted by atomic mass is 9.86. The third-order valence-electron chi connectivity index (χ3n) is 16.1. The van der Waals surface area contributed by atoms with Gasteiger partial charge in [0.05, 0.1) is 24.2 Å². The Balaban J connectivity index is 1.16. The number of rotatable bonds is 32. The largest absolute Gasteiger partial charge is 0.494 e. The van der Waals surface area contributed by atoms with Crippen LogP contribution in [-0.4, -0.2) is 28.9 Å². The summed E-state index contributed by atoms with van der Waals surface area (Å²) in [5.74, 6) is 1.03. The average Bonchev–Trinajstić information content (AvgIpc) is 3.56. The van der Waals surface area contributed by atoms with Gasteiger partial charge in [0.2, 0.25) is 0 Å². The van der Waals surface area contributed by atoms with Gasteiger partial charge in [-0.25, -0.2) is 4.79 Å². The predicted molar refractivity (Wildman–Crippen MR) is 325 cm³/mol. The van der Waals surface area contributed by atoms with Crippen molar-refractivity contribution < 1.29 is 19.4 Å². The van der Waals surface area contributed by atoms with Crippen LogP contribution in [0.25, 0.3) is 71.3 Å². The maximum absolute atomic E-state index is 12.4. The summed E-state index contributed by atoms with van der Waals surface area (Å²) in [5.41, 5.74) is 8.26. The van der Waals surface area contributed by atoms with Crippen LogP contribution in [0.1, 0.15) is 162 Å². The molecule has 1 heterocycles. The molecule has 0 saturated heterocycles. The first-order valence-corrected chi connectivity index (χ1v) is 29.6. The summed E-state index contributed by atoms with van der Waals surface area (Å²) >= 11 is 0. The van der Waals surface area contributed by atoms with Crippen LogP contribution in [0.5, 0.6) is 11.5 Å². The fraction of sp³-hybridized carbons (Fsp3) is 0.400. The lowest BCUT2D eigenvalue weighted by Gasteiger charge is -2.26. The third kappa shape index (κ3) is 12.6. The predicted octanol–water partition coefficient (Wildman–Crippen LogP) is 20.5. The average molecular weight is 1030 g/mol. The fourth-order valence-electron chi connectivity index (χ4n) is 12.0. The molecule has 0 amide bonds. The van der Waals surface area contributed by atoms with Crippen LogP contribution in [0.2, 0.25) is 0 Å². The molecule has 0 bridgehead atoms. The number of anilines is 3. The highest BCUT2D eigenvalue weighted by atomic mass is 16.5. The third-order valence-corrected chi connectivity index (χ3v) is 16.1. The van der Waals surface area contributed by atoms with E-state index in [1.165, 1.54) is 154 Å². The summed E-state index contributed by atoms with van der Waals surface area (Å²) in [7, 11) is 0. The van der Waals surface area contributed by atoms with Gasteiger partial charge >= 0.3 is 5.97 Å². The zero-order valence-electron chi connectivity index (χ0n) is 46.5. The number of hydrogen-bond donors (Lipinski definition) is 1. The van der Waals surface area contributed by atoms with Crippen molar-refractivity contribution in [2.75, 3.05) is 18.1 Å². The smallest absolute Gasteiger partial charge is 0.346 e. The molecule has 0 saturated carbocycles. The van der Waals surface area contributed by atoms with Crippen molar-refractivity contribution in [3.63, 3.8) is 0 Å². The minimum Gasteiger partial charge on any atom is -0.494 e. The summed E-state index contributed by atoms with van der Waals surface area (Å²) < 4.78 is 15.0. The Bertz CT molecular complexity index is 3320. The number of nitrogens with zero attached hydrogens (tertiary/aromatic N) is 3. The van der Waals surface area contributed by atoms with Crippen molar-refractivity contribution in [1.29, 1.82) is 5.26 Å². The van der Waals surface area contributed by atoms with Crippen LogP contribution in [0.15, 0.2) is 127 Å². The summed E-state index contributed by atoms with van der Waals surface area (Å²) in [6.07, 6.45) is 25.8. The topological polar surface area (TPSA) is 87.7 Å². The normalized spacial score (nSPS) is 12.4. The van der Waals surface area contributed by atoms with E-state index in [4.69, 9.17) is 9.47 Å². The number of aromatic nitrogens is 1. The van der Waals surface area contributed by atoms with Gasteiger partial charge in [-0.1, -0.05) is 179 Å². The summed E-state index contributed by atoms with van der Waals surface area (Å²) in [6.45, 7) is 11.3. The maximum Gasteiger partial charge on any atom is 0.346 e. The van der Waals surface area contributed by atoms with E-state index in [9.17, 15) is 15.2 Å². The molecule has 1 unspecified atom stereocenters. The van der Waals surface area contributed by atoms with Gasteiger partial charge in [0.15, 0.2) is 0 Å². The Hall–Kier alpha value is -7.04. The van der Waals surface area contributed by atoms with E-state index in [0.717, 1.165) is 94.0 Å². The standard InChI is InChI=1S/C70H81N3O4/c1-5-9-13-17-18-20-26-50(25-19-14-10-6-2)49-72-64-46-52(45-53(48-71)70(74)75)59-27-23-28-60-61-29-24-30-62-63(47-65(72)69(67(61)62)68(64)66(59)60)51-31-33-54(34-32-51)73(55-35-39-57(40-36-55)76-43-21-15-11-7-3)56-37-41-58(42-38-56)77-44-22-16-12-8-4/h23-24,27-42,45-47,50H,5-22,25-26,43-44,49H2,1-4H3,(H,74,75)/b53-45+. The molecule has 1 N–H and O–H groups in total. The van der Waals surface area contributed by atoms with Crippen molar-refractivity contribution in [3.8, 4) is 28.7 Å². The first kappa shape index (κ1) is 54.7. The quantitative estimate of drug-likeness (QED) is 0.0149. The number of ether oxygens (including phenoxy) is 2. The SMILES string of the molecule is CCCCCCCCC(CCCCCC)Cn1c2cc(/C=C(\C#N)C(=O)O)c3cccc4c5cccc6c(-c7ccc(N(c8ccc(OCCCCCC)cc8)c8ccc(OCCCCCC)cc8)cc7)cc1c(c65)c2c34. The molecule has 0 radical (unpaired) electrons. The van der Waals surface area contributed by atoms with E-state index in [2.05, 4.69) is 158 Å². The Morgan fingerprint density at radius 3 is 1.51 bits per heavy atom. The Morgan fingerprint density at radius 2 is 0.987 bits per heavy atom. The zero-order valence-corrected chi connectivity index (χ0v) is 46.5. The van der Waals surface area contributed by atoms with Gasteiger partial charge in [0.1, 0.15) is 23.1 Å². The summed E-state index contributed by atoms with van der Waals surface area (Å²) in [5, 5.41) is 29.6. The molecule has 7 nitrogen and oxygen atoms in total. The van der Waals surface area contributed by atoms with E-state index in [1.807, 2.05) is 6.07 Å². The molecule has 1 atom stereocenters. The first-order chi connectivity index (χ1) is 37.9. The number of aliphatic carboxylic acids is 1. The second kappa shape index (κ2) is 26.8. The number of benzene rings is 8. The first-order valence-electron chi connectivity index (χ1n) is 29.6. The summed E-state index contributed by atoms with van der Waals surface area (Å²) in [4.78, 5) is 14.7. The molecule has 7 heteroatoms. The van der Waals surface area contributed by atoms with Gasteiger partial charge in [-0.05, 0) is 149 Å². The van der Waals surface area contributed by atoms with Crippen LogP contribution >= 0.6 is 0 Å². The van der Waals surface area contributed by atoms with Crippen molar-refractivity contribution in [2.45, 2.75) is 163 Å². The number of hydrogen-bond acceptors (Lipinski definition) is 5. The molecule has 0 spiro atoms. The fourth-order valence-corrected chi connectivity index (χ4v) is 12.0. The number of carbonyl (C=O) groups is 1. The second-order valence-corrected chi connectivity index (χ2v) is 21.7. The van der Waals surface area contributed by atoms with Crippen LogP contribution in [0.4, 0.5) is 17.1 Å². The van der Waals surface area contributed by atoms with Crippen molar-refractivity contribution >= 4 is 83.2 Å². The molecule has 77 heavy (non-hydrogen) atoms. The van der Waals surface area contributed by atoms with E-state index in [1.54, 1.807) is 6.08 Å². The Kier molecular flexibility index (Phi) is 19.1. The molecular weight excluding hydrogens is 947 g/mol. The van der Waals surface area contributed by atoms with Gasteiger partial charge < -0.3 is 24.0 Å². The Labute approximate surface area is 458 Å². The van der Waals surface area contributed by atoms with Crippen LogP contribution < -0.4 is 14.4 Å². The molecule has 8 aromatic carbocycles. The van der Waals surface area contributed by atoms with Gasteiger partial charge in [-0.3, -0.25) is 0 Å². The number of nitriles is 1. The van der Waals surface area contributed by atoms with Gasteiger partial charge in [-0.2, -0.15) is 5.26 Å². The highest BCUT2D eigenvalue weighted by molar-refractivity contribution is 6.41. The van der Waals surface area contributed by atoms with E-state index >= 15 is 0 Å². The lowest BCUT2D eigenvalue weighted by molar-refractivity contribution is -0.132. The van der Waals surface area contributed by atoms with Crippen molar-refractivity contribution in [2.24, 2.45) is 5.92 Å². The molecule has 1 aromatic heterocycles. The zero-order chi connectivity index (χ0) is 53.5. The summed E-state index contributed by atoms with van der Waals surface area (Å²) in [6, 6.07) is 45.9. The highest BCUT2D eigenvalue weighted by Crippen LogP contribution is 2.50. The number of carboxylic acids is 1. The van der Waals surface area contributed by atoms with Crippen LogP contribution in [-0.2, 0) is 11.3 Å². The molecular formula is C70H81N3O4.